The average Bonchev–Trinajstić information content (AvgIpc) is 2.15. The van der Waals surface area contributed by atoms with Gasteiger partial charge in [-0.05, 0) is 0 Å². The summed E-state index contributed by atoms with van der Waals surface area (Å²) in [6, 6.07) is 0. The summed E-state index contributed by atoms with van der Waals surface area (Å²) in [4.78, 5) is 9.97. The topological polar surface area (TPSA) is 67.9 Å². The van der Waals surface area contributed by atoms with Crippen molar-refractivity contribution in [2.24, 2.45) is 0 Å². The maximum atomic E-state index is 9.97. The molecule has 0 amide bonds. The summed E-state index contributed by atoms with van der Waals surface area (Å²) in [5.41, 5.74) is -0.927. The number of ether oxygens (including phenoxy) is 1. The first-order chi connectivity index (χ1) is 4.29. The highest BCUT2D eigenvalue weighted by molar-refractivity contribution is 6.61. The Morgan fingerprint density at radius 3 is 3.11 bits per heavy atom. The number of carbonyl (C=O) groups is 1. The molecule has 1 rings (SSSR count). The highest BCUT2D eigenvalue weighted by atomic mass is 35.5. The van der Waals surface area contributed by atoms with Crippen LogP contribution in [0.5, 0.6) is 5.88 Å². The number of carbonyl (C=O) groups excluding carboxylic acids is 1. The van der Waals surface area contributed by atoms with Gasteiger partial charge in [-0.25, -0.2) is 4.79 Å². The van der Waals surface area contributed by atoms with Gasteiger partial charge in [-0.15, -0.1) is 5.10 Å². The molecule has 0 aliphatic heterocycles. The van der Waals surface area contributed by atoms with Gasteiger partial charge in [0.2, 0.25) is 0 Å². The average molecular weight is 148 g/mol. The van der Waals surface area contributed by atoms with E-state index in [0.717, 1.165) is 0 Å². The molecule has 0 unspecified atom stereocenters. The van der Waals surface area contributed by atoms with Gasteiger partial charge >= 0.3 is 5.43 Å². The van der Waals surface area contributed by atoms with E-state index in [2.05, 4.69) is 20.1 Å². The molecule has 1 heterocycles. The van der Waals surface area contributed by atoms with Crippen molar-refractivity contribution in [3.8, 4) is 5.88 Å². The van der Waals surface area contributed by atoms with Gasteiger partial charge in [-0.3, -0.25) is 0 Å². The Hall–Kier alpha value is -1.10. The number of hydrogen-bond acceptors (Lipinski definition) is 4. The number of nitrogens with one attached hydrogen (secondary N) is 1. The zero-order chi connectivity index (χ0) is 6.69. The van der Waals surface area contributed by atoms with Crippen molar-refractivity contribution in [3.63, 3.8) is 0 Å². The van der Waals surface area contributed by atoms with Crippen LogP contribution in [-0.2, 0) is 0 Å². The summed E-state index contributed by atoms with van der Waals surface area (Å²) in [5.74, 6) is 0.0648. The fourth-order valence-electron chi connectivity index (χ4n) is 0.322. The van der Waals surface area contributed by atoms with Gasteiger partial charge in [0.05, 0.1) is 0 Å². The first-order valence-electron chi connectivity index (χ1n) is 2.02. The summed E-state index contributed by atoms with van der Waals surface area (Å²) in [6.45, 7) is 0. The van der Waals surface area contributed by atoms with Gasteiger partial charge in [-0.2, -0.15) is 10.3 Å². The molecular formula is C3H2ClN3O2. The molecule has 0 radical (unpaired) electrons. The minimum atomic E-state index is -0.927. The molecule has 0 aliphatic rings. The van der Waals surface area contributed by atoms with E-state index in [1.165, 1.54) is 6.20 Å². The zero-order valence-corrected chi connectivity index (χ0v) is 4.92. The Bertz CT molecular complexity index is 197. The Kier molecular flexibility index (Phi) is 1.64. The molecule has 0 spiro atoms. The molecule has 0 saturated heterocycles. The van der Waals surface area contributed by atoms with Crippen LogP contribution in [0.15, 0.2) is 6.20 Å². The van der Waals surface area contributed by atoms with Crippen LogP contribution in [0, 0.1) is 0 Å². The second-order valence-electron chi connectivity index (χ2n) is 1.15. The predicted molar refractivity (Wildman–Crippen MR) is 28.3 cm³/mol. The number of halogens is 1. The van der Waals surface area contributed by atoms with Crippen LogP contribution in [0.3, 0.4) is 0 Å². The lowest BCUT2D eigenvalue weighted by Crippen LogP contribution is -1.95. The lowest BCUT2D eigenvalue weighted by atomic mass is 10.9. The first-order valence-corrected chi connectivity index (χ1v) is 2.40. The van der Waals surface area contributed by atoms with Crippen molar-refractivity contribution in [1.29, 1.82) is 0 Å². The molecule has 5 nitrogen and oxygen atoms in total. The second kappa shape index (κ2) is 2.45. The SMILES string of the molecule is O=C(Cl)Oc1cn[nH]n1. The first kappa shape index (κ1) is 6.03. The molecule has 0 fully saturated rings. The molecule has 48 valence electrons. The van der Waals surface area contributed by atoms with Crippen LogP contribution in [0.1, 0.15) is 0 Å². The van der Waals surface area contributed by atoms with Crippen LogP contribution in [0.25, 0.3) is 0 Å². The quantitative estimate of drug-likeness (QED) is 0.589. The number of aromatic nitrogens is 3. The number of H-pyrrole nitrogens is 1. The Balaban J connectivity index is 2.58. The van der Waals surface area contributed by atoms with Crippen molar-refractivity contribution >= 4 is 17.0 Å². The van der Waals surface area contributed by atoms with Gasteiger partial charge in [-0.1, -0.05) is 0 Å². The second-order valence-corrected chi connectivity index (χ2v) is 1.46. The molecule has 0 atom stereocenters. The fourth-order valence-corrected chi connectivity index (χ4v) is 0.402. The lowest BCUT2D eigenvalue weighted by Gasteiger charge is -1.86. The maximum Gasteiger partial charge on any atom is 0.410 e. The molecule has 1 aromatic heterocycles. The summed E-state index contributed by atoms with van der Waals surface area (Å²) >= 11 is 4.83. The van der Waals surface area contributed by atoms with Crippen LogP contribution < -0.4 is 4.74 Å². The van der Waals surface area contributed by atoms with E-state index in [9.17, 15) is 4.79 Å². The maximum absolute atomic E-state index is 9.97. The molecule has 0 saturated carbocycles. The number of aromatic amines is 1. The molecule has 1 aromatic rings. The van der Waals surface area contributed by atoms with E-state index < -0.39 is 5.43 Å². The van der Waals surface area contributed by atoms with Crippen LogP contribution in [-0.4, -0.2) is 20.8 Å². The normalized spacial score (nSPS) is 9.00. The summed E-state index contributed by atoms with van der Waals surface area (Å²) in [7, 11) is 0. The molecule has 0 aromatic carbocycles. The smallest absolute Gasteiger partial charge is 0.392 e. The number of rotatable bonds is 1. The predicted octanol–water partition coefficient (Wildman–Crippen LogP) is 0.542. The largest absolute Gasteiger partial charge is 0.410 e. The molecule has 0 aliphatic carbocycles. The zero-order valence-electron chi connectivity index (χ0n) is 4.17. The monoisotopic (exact) mass is 147 g/mol. The third-order valence-electron chi connectivity index (χ3n) is 0.578. The highest BCUT2D eigenvalue weighted by Crippen LogP contribution is 2.01. The van der Waals surface area contributed by atoms with Crippen molar-refractivity contribution in [2.45, 2.75) is 0 Å². The van der Waals surface area contributed by atoms with E-state index in [1.54, 1.807) is 0 Å². The van der Waals surface area contributed by atoms with E-state index in [-0.39, 0.29) is 5.88 Å². The summed E-state index contributed by atoms with van der Waals surface area (Å²) < 4.78 is 4.28. The number of hydrogen-bond donors (Lipinski definition) is 1. The van der Waals surface area contributed by atoms with E-state index in [1.807, 2.05) is 0 Å². The van der Waals surface area contributed by atoms with Gasteiger partial charge in [0.15, 0.2) is 0 Å². The highest BCUT2D eigenvalue weighted by Gasteiger charge is 1.99. The van der Waals surface area contributed by atoms with Crippen molar-refractivity contribution in [1.82, 2.24) is 15.4 Å². The van der Waals surface area contributed by atoms with E-state index in [0.29, 0.717) is 0 Å². The van der Waals surface area contributed by atoms with Crippen LogP contribution >= 0.6 is 11.6 Å². The van der Waals surface area contributed by atoms with E-state index in [4.69, 9.17) is 11.6 Å². The Labute approximate surface area is 55.0 Å². The molecule has 6 heteroatoms. The Morgan fingerprint density at radius 1 is 1.89 bits per heavy atom. The molecule has 9 heavy (non-hydrogen) atoms. The van der Waals surface area contributed by atoms with Crippen molar-refractivity contribution in [2.75, 3.05) is 0 Å². The van der Waals surface area contributed by atoms with Crippen molar-refractivity contribution in [3.05, 3.63) is 6.20 Å². The van der Waals surface area contributed by atoms with Gasteiger partial charge in [0.25, 0.3) is 5.88 Å². The Morgan fingerprint density at radius 2 is 2.67 bits per heavy atom. The minimum Gasteiger partial charge on any atom is -0.392 e. The van der Waals surface area contributed by atoms with Crippen LogP contribution in [0.2, 0.25) is 0 Å². The standard InChI is InChI=1S/C3H2ClN3O2/c4-3(8)9-2-1-5-7-6-2/h1H,(H,5,6,7). The minimum absolute atomic E-state index is 0.0648. The van der Waals surface area contributed by atoms with Gasteiger partial charge in [0, 0.05) is 11.6 Å². The van der Waals surface area contributed by atoms with Crippen molar-refractivity contribution < 1.29 is 9.53 Å². The lowest BCUT2D eigenvalue weighted by molar-refractivity contribution is 0.224. The molecule has 0 bridgehead atoms. The van der Waals surface area contributed by atoms with E-state index >= 15 is 0 Å². The van der Waals surface area contributed by atoms with Crippen LogP contribution in [0.4, 0.5) is 4.79 Å². The fraction of sp³-hybridized carbons (Fsp3) is 0. The summed E-state index contributed by atoms with van der Waals surface area (Å²) in [6.07, 6.45) is 1.24. The molecule has 1 N–H and O–H groups in total. The third kappa shape index (κ3) is 1.69. The molecular weight excluding hydrogens is 146 g/mol. The van der Waals surface area contributed by atoms with Gasteiger partial charge in [0.1, 0.15) is 6.20 Å². The summed E-state index contributed by atoms with van der Waals surface area (Å²) in [5, 5.41) is 9.00. The third-order valence-corrected chi connectivity index (χ3v) is 0.655. The number of nitrogens with zero attached hydrogens (tertiary/aromatic N) is 2. The van der Waals surface area contributed by atoms with Gasteiger partial charge < -0.3 is 4.74 Å².